The molecule has 0 aliphatic carbocycles. The first kappa shape index (κ1) is 13.1. The first-order valence-electron chi connectivity index (χ1n) is 6.72. The number of hydrogen-bond acceptors (Lipinski definition) is 4. The number of carbonyl (C=O) groups is 1. The molecule has 0 aliphatic heterocycles. The normalized spacial score (nSPS) is 11.3. The van der Waals surface area contributed by atoms with E-state index >= 15 is 0 Å². The minimum Gasteiger partial charge on any atom is -0.297 e. The zero-order valence-corrected chi connectivity index (χ0v) is 12.4. The van der Waals surface area contributed by atoms with Crippen LogP contribution in [0.3, 0.4) is 0 Å². The number of carbonyl (C=O) groups excluding carboxylic acids is 1. The third-order valence-electron chi connectivity index (χ3n) is 3.26. The SMILES string of the molecule is CCc1cc(C(=O)Cc2cn3ccsc3n2)n(CC)n1. The molecule has 20 heavy (non-hydrogen) atoms. The van der Waals surface area contributed by atoms with Crippen molar-refractivity contribution >= 4 is 22.1 Å². The predicted molar refractivity (Wildman–Crippen MR) is 78.4 cm³/mol. The van der Waals surface area contributed by atoms with Crippen LogP contribution >= 0.6 is 11.3 Å². The van der Waals surface area contributed by atoms with Crippen molar-refractivity contribution in [1.82, 2.24) is 19.2 Å². The van der Waals surface area contributed by atoms with Gasteiger partial charge in [-0.25, -0.2) is 4.98 Å². The topological polar surface area (TPSA) is 52.2 Å². The largest absolute Gasteiger partial charge is 0.297 e. The number of thiazole rings is 1. The molecule has 0 saturated heterocycles. The highest BCUT2D eigenvalue weighted by Crippen LogP contribution is 2.14. The maximum Gasteiger partial charge on any atom is 0.193 e. The Labute approximate surface area is 120 Å². The van der Waals surface area contributed by atoms with E-state index in [1.165, 1.54) is 0 Å². The first-order valence-corrected chi connectivity index (χ1v) is 7.60. The Morgan fingerprint density at radius 1 is 1.35 bits per heavy atom. The second-order valence-electron chi connectivity index (χ2n) is 4.62. The summed E-state index contributed by atoms with van der Waals surface area (Å²) in [6.07, 6.45) is 5.03. The predicted octanol–water partition coefficient (Wildman–Crippen LogP) is 2.60. The van der Waals surface area contributed by atoms with Crippen LogP contribution in [0.5, 0.6) is 0 Å². The molecule has 0 spiro atoms. The minimum absolute atomic E-state index is 0.0739. The van der Waals surface area contributed by atoms with E-state index in [1.807, 2.05) is 42.1 Å². The van der Waals surface area contributed by atoms with Gasteiger partial charge >= 0.3 is 0 Å². The van der Waals surface area contributed by atoms with Gasteiger partial charge < -0.3 is 0 Å². The van der Waals surface area contributed by atoms with Gasteiger partial charge in [-0.2, -0.15) is 5.10 Å². The maximum atomic E-state index is 12.4. The third kappa shape index (κ3) is 2.27. The molecule has 3 aromatic heterocycles. The molecule has 6 heteroatoms. The van der Waals surface area contributed by atoms with Gasteiger partial charge in [0.15, 0.2) is 10.7 Å². The van der Waals surface area contributed by atoms with E-state index in [0.29, 0.717) is 18.7 Å². The van der Waals surface area contributed by atoms with Gasteiger partial charge in [0.25, 0.3) is 0 Å². The third-order valence-corrected chi connectivity index (χ3v) is 4.03. The van der Waals surface area contributed by atoms with Gasteiger partial charge in [0.1, 0.15) is 5.69 Å². The zero-order chi connectivity index (χ0) is 14.1. The molecular formula is C14H16N4OS. The average Bonchev–Trinajstić information content (AvgIpc) is 3.10. The molecule has 0 saturated carbocycles. The Hall–Kier alpha value is -1.95. The number of nitrogens with zero attached hydrogens (tertiary/aromatic N) is 4. The van der Waals surface area contributed by atoms with Crippen LogP contribution in [-0.4, -0.2) is 24.9 Å². The lowest BCUT2D eigenvalue weighted by Crippen LogP contribution is -2.11. The summed E-state index contributed by atoms with van der Waals surface area (Å²) >= 11 is 1.57. The van der Waals surface area contributed by atoms with Crippen molar-refractivity contribution in [3.63, 3.8) is 0 Å². The lowest BCUT2D eigenvalue weighted by atomic mass is 10.1. The van der Waals surface area contributed by atoms with Gasteiger partial charge in [-0.1, -0.05) is 6.92 Å². The molecule has 3 heterocycles. The molecule has 0 N–H and O–H groups in total. The van der Waals surface area contributed by atoms with E-state index in [-0.39, 0.29) is 5.78 Å². The summed E-state index contributed by atoms with van der Waals surface area (Å²) in [5, 5.41) is 6.39. The summed E-state index contributed by atoms with van der Waals surface area (Å²) in [4.78, 5) is 17.8. The Bertz CT molecular complexity index is 724. The van der Waals surface area contributed by atoms with E-state index in [0.717, 1.165) is 22.8 Å². The molecule has 0 aliphatic rings. The quantitative estimate of drug-likeness (QED) is 0.678. The van der Waals surface area contributed by atoms with Crippen LogP contribution in [-0.2, 0) is 19.4 Å². The molecule has 0 radical (unpaired) electrons. The summed E-state index contributed by atoms with van der Waals surface area (Å²) in [5.74, 6) is 0.0739. The van der Waals surface area contributed by atoms with Gasteiger partial charge in [0.2, 0.25) is 0 Å². The Balaban J connectivity index is 1.85. The fourth-order valence-corrected chi connectivity index (χ4v) is 2.94. The smallest absolute Gasteiger partial charge is 0.193 e. The Morgan fingerprint density at radius 3 is 2.90 bits per heavy atom. The van der Waals surface area contributed by atoms with Crippen molar-refractivity contribution in [2.45, 2.75) is 33.2 Å². The lowest BCUT2D eigenvalue weighted by Gasteiger charge is -2.01. The average molecular weight is 288 g/mol. The lowest BCUT2D eigenvalue weighted by molar-refractivity contribution is 0.0982. The van der Waals surface area contributed by atoms with Crippen LogP contribution in [0.4, 0.5) is 0 Å². The van der Waals surface area contributed by atoms with Gasteiger partial charge in [-0.05, 0) is 19.4 Å². The van der Waals surface area contributed by atoms with Gasteiger partial charge in [-0.15, -0.1) is 11.3 Å². The van der Waals surface area contributed by atoms with Crippen molar-refractivity contribution in [2.75, 3.05) is 0 Å². The number of rotatable bonds is 5. The van der Waals surface area contributed by atoms with Crippen LogP contribution in [0.1, 0.15) is 35.7 Å². The standard InChI is InChI=1S/C14H16N4OS/c1-3-10-7-12(18(4-2)16-10)13(19)8-11-9-17-5-6-20-14(17)15-11/h5-7,9H,3-4,8H2,1-2H3. The summed E-state index contributed by atoms with van der Waals surface area (Å²) < 4.78 is 3.72. The van der Waals surface area contributed by atoms with E-state index in [1.54, 1.807) is 16.0 Å². The number of Topliss-reactive ketones (excluding diaryl/α,β-unsaturated/α-hetero) is 1. The Kier molecular flexibility index (Phi) is 3.40. The first-order chi connectivity index (χ1) is 9.71. The van der Waals surface area contributed by atoms with Crippen LogP contribution in [0.15, 0.2) is 23.8 Å². The van der Waals surface area contributed by atoms with Crippen molar-refractivity contribution in [1.29, 1.82) is 0 Å². The number of imidazole rings is 1. The van der Waals surface area contributed by atoms with Crippen LogP contribution < -0.4 is 0 Å². The van der Waals surface area contributed by atoms with Crippen LogP contribution in [0, 0.1) is 0 Å². The van der Waals surface area contributed by atoms with Crippen LogP contribution in [0.2, 0.25) is 0 Å². The second kappa shape index (κ2) is 5.20. The zero-order valence-electron chi connectivity index (χ0n) is 11.5. The van der Waals surface area contributed by atoms with Crippen molar-refractivity contribution in [3.8, 4) is 0 Å². The number of hydrogen-bond donors (Lipinski definition) is 0. The maximum absolute atomic E-state index is 12.4. The van der Waals surface area contributed by atoms with Crippen molar-refractivity contribution in [3.05, 3.63) is 40.9 Å². The van der Waals surface area contributed by atoms with Gasteiger partial charge in [0.05, 0.1) is 17.8 Å². The van der Waals surface area contributed by atoms with Crippen molar-refractivity contribution < 1.29 is 4.79 Å². The number of ketones is 1. The summed E-state index contributed by atoms with van der Waals surface area (Å²) in [6.45, 7) is 4.75. The number of aromatic nitrogens is 4. The second-order valence-corrected chi connectivity index (χ2v) is 5.49. The van der Waals surface area contributed by atoms with Gasteiger partial charge in [-0.3, -0.25) is 13.9 Å². The van der Waals surface area contributed by atoms with E-state index < -0.39 is 0 Å². The molecule has 0 unspecified atom stereocenters. The highest BCUT2D eigenvalue weighted by molar-refractivity contribution is 7.15. The monoisotopic (exact) mass is 288 g/mol. The molecule has 0 amide bonds. The fraction of sp³-hybridized carbons (Fsp3) is 0.357. The van der Waals surface area contributed by atoms with E-state index in [4.69, 9.17) is 0 Å². The van der Waals surface area contributed by atoms with Crippen LogP contribution in [0.25, 0.3) is 4.96 Å². The molecule has 3 rings (SSSR count). The summed E-state index contributed by atoms with van der Waals surface area (Å²) in [5.41, 5.74) is 2.45. The molecule has 3 aromatic rings. The van der Waals surface area contributed by atoms with Gasteiger partial charge in [0, 0.05) is 24.3 Å². The van der Waals surface area contributed by atoms with E-state index in [9.17, 15) is 4.79 Å². The molecule has 5 nitrogen and oxygen atoms in total. The molecule has 0 bridgehead atoms. The minimum atomic E-state index is 0.0739. The molecule has 0 fully saturated rings. The highest BCUT2D eigenvalue weighted by atomic mass is 32.1. The number of fused-ring (bicyclic) bond motifs is 1. The van der Waals surface area contributed by atoms with Crippen molar-refractivity contribution in [2.24, 2.45) is 0 Å². The summed E-state index contributed by atoms with van der Waals surface area (Å²) in [7, 11) is 0. The molecule has 104 valence electrons. The summed E-state index contributed by atoms with van der Waals surface area (Å²) in [6, 6.07) is 1.89. The fourth-order valence-electron chi connectivity index (χ4n) is 2.22. The Morgan fingerprint density at radius 2 is 2.20 bits per heavy atom. The number of aryl methyl sites for hydroxylation is 2. The van der Waals surface area contributed by atoms with E-state index in [2.05, 4.69) is 10.1 Å². The molecular weight excluding hydrogens is 272 g/mol. The molecule has 0 atom stereocenters. The highest BCUT2D eigenvalue weighted by Gasteiger charge is 2.16. The molecule has 0 aromatic carbocycles.